The standard InChI is InChI=1S/C18H16BrF2N3O2/c1-24(9-17(25)23-16-5-3-11(19)8-22-16)18(26)13-7-12(13)10-2-4-14(20)15(21)6-10/h2-6,8,12-13H,7,9H2,1H3,(H,22,23,25)/t12-,13+/m0/s1. The van der Waals surface area contributed by atoms with Crippen LogP contribution >= 0.6 is 15.9 Å². The highest BCUT2D eigenvalue weighted by Gasteiger charge is 2.45. The number of benzene rings is 1. The number of nitrogens with one attached hydrogen (secondary N) is 1. The van der Waals surface area contributed by atoms with Crippen LogP contribution in [0.3, 0.4) is 0 Å². The first-order valence-electron chi connectivity index (χ1n) is 7.96. The molecule has 0 unspecified atom stereocenters. The molecule has 0 radical (unpaired) electrons. The summed E-state index contributed by atoms with van der Waals surface area (Å²) < 4.78 is 27.1. The summed E-state index contributed by atoms with van der Waals surface area (Å²) in [5.41, 5.74) is 0.596. The third-order valence-electron chi connectivity index (χ3n) is 4.23. The van der Waals surface area contributed by atoms with Crippen molar-refractivity contribution < 1.29 is 18.4 Å². The average Bonchev–Trinajstić information content (AvgIpc) is 3.39. The zero-order chi connectivity index (χ0) is 18.8. The highest BCUT2D eigenvalue weighted by Crippen LogP contribution is 2.48. The topological polar surface area (TPSA) is 62.3 Å². The van der Waals surface area contributed by atoms with Crippen molar-refractivity contribution in [3.8, 4) is 0 Å². The monoisotopic (exact) mass is 423 g/mol. The van der Waals surface area contributed by atoms with Crippen molar-refractivity contribution in [1.29, 1.82) is 0 Å². The first kappa shape index (κ1) is 18.4. The summed E-state index contributed by atoms with van der Waals surface area (Å²) in [6.07, 6.45) is 2.12. The molecule has 1 aromatic carbocycles. The molecule has 1 heterocycles. The van der Waals surface area contributed by atoms with Gasteiger partial charge in [0.1, 0.15) is 5.82 Å². The van der Waals surface area contributed by atoms with E-state index in [4.69, 9.17) is 0 Å². The molecule has 1 aliphatic carbocycles. The Bertz CT molecular complexity index is 845. The summed E-state index contributed by atoms with van der Waals surface area (Å²) in [5, 5.41) is 2.61. The minimum atomic E-state index is -0.921. The van der Waals surface area contributed by atoms with Crippen LogP contribution in [0.1, 0.15) is 17.9 Å². The lowest BCUT2D eigenvalue weighted by molar-refractivity contribution is -0.134. The molecular formula is C18H16BrF2N3O2. The quantitative estimate of drug-likeness (QED) is 0.801. The van der Waals surface area contributed by atoms with Crippen LogP contribution in [0.4, 0.5) is 14.6 Å². The molecule has 0 bridgehead atoms. The van der Waals surface area contributed by atoms with E-state index in [1.807, 2.05) is 0 Å². The predicted octanol–water partition coefficient (Wildman–Crippen LogP) is 3.32. The molecule has 1 aromatic heterocycles. The molecule has 8 heteroatoms. The van der Waals surface area contributed by atoms with Gasteiger partial charge in [-0.05, 0) is 58.1 Å². The lowest BCUT2D eigenvalue weighted by Gasteiger charge is -2.17. The van der Waals surface area contributed by atoms with Gasteiger partial charge in [0, 0.05) is 23.6 Å². The normalized spacial score (nSPS) is 18.3. The summed E-state index contributed by atoms with van der Waals surface area (Å²) >= 11 is 3.25. The molecule has 0 saturated heterocycles. The van der Waals surface area contributed by atoms with Crippen LogP contribution in [0.5, 0.6) is 0 Å². The second-order valence-electron chi connectivity index (χ2n) is 6.23. The van der Waals surface area contributed by atoms with Gasteiger partial charge in [-0.15, -0.1) is 0 Å². The summed E-state index contributed by atoms with van der Waals surface area (Å²) in [6.45, 7) is -0.114. The van der Waals surface area contributed by atoms with Crippen LogP contribution in [-0.4, -0.2) is 35.3 Å². The van der Waals surface area contributed by atoms with Gasteiger partial charge in [0.05, 0.1) is 6.54 Å². The molecule has 5 nitrogen and oxygen atoms in total. The van der Waals surface area contributed by atoms with Gasteiger partial charge in [-0.2, -0.15) is 0 Å². The molecule has 1 saturated carbocycles. The minimum Gasteiger partial charge on any atom is -0.336 e. The number of nitrogens with zero attached hydrogens (tertiary/aromatic N) is 2. The highest BCUT2D eigenvalue weighted by molar-refractivity contribution is 9.10. The van der Waals surface area contributed by atoms with E-state index >= 15 is 0 Å². The van der Waals surface area contributed by atoms with Crippen molar-refractivity contribution in [2.75, 3.05) is 18.9 Å². The molecular weight excluding hydrogens is 408 g/mol. The first-order chi connectivity index (χ1) is 12.3. The van der Waals surface area contributed by atoms with Crippen molar-refractivity contribution in [3.63, 3.8) is 0 Å². The van der Waals surface area contributed by atoms with Crippen molar-refractivity contribution in [2.24, 2.45) is 5.92 Å². The minimum absolute atomic E-state index is 0.114. The number of halogens is 3. The maximum absolute atomic E-state index is 13.3. The number of carbonyl (C=O) groups is 2. The van der Waals surface area contributed by atoms with Crippen molar-refractivity contribution >= 4 is 33.6 Å². The van der Waals surface area contributed by atoms with Gasteiger partial charge >= 0.3 is 0 Å². The Hall–Kier alpha value is -2.35. The second-order valence-corrected chi connectivity index (χ2v) is 7.14. The number of pyridine rings is 1. The molecule has 1 aliphatic rings. The lowest BCUT2D eigenvalue weighted by Crippen LogP contribution is -2.36. The van der Waals surface area contributed by atoms with Crippen LogP contribution in [-0.2, 0) is 9.59 Å². The number of hydrogen-bond acceptors (Lipinski definition) is 3. The fourth-order valence-electron chi connectivity index (χ4n) is 2.79. The zero-order valence-corrected chi connectivity index (χ0v) is 15.5. The number of rotatable bonds is 5. The van der Waals surface area contributed by atoms with E-state index in [1.54, 1.807) is 18.3 Å². The van der Waals surface area contributed by atoms with Gasteiger partial charge < -0.3 is 10.2 Å². The van der Waals surface area contributed by atoms with Crippen LogP contribution < -0.4 is 5.32 Å². The molecule has 2 aromatic rings. The summed E-state index contributed by atoms with van der Waals surface area (Å²) in [5.74, 6) is -2.45. The molecule has 2 amide bonds. The Morgan fingerprint density at radius 2 is 2.04 bits per heavy atom. The van der Waals surface area contributed by atoms with Gasteiger partial charge in [0.2, 0.25) is 11.8 Å². The SMILES string of the molecule is CN(CC(=O)Nc1ccc(Br)cn1)C(=O)[C@@H]1C[C@H]1c1ccc(F)c(F)c1. The third-order valence-corrected chi connectivity index (χ3v) is 4.70. The zero-order valence-electron chi connectivity index (χ0n) is 13.9. The Morgan fingerprint density at radius 3 is 2.69 bits per heavy atom. The number of anilines is 1. The Balaban J connectivity index is 1.54. The molecule has 1 fully saturated rings. The van der Waals surface area contributed by atoms with E-state index in [0.717, 1.165) is 16.6 Å². The number of carbonyl (C=O) groups excluding carboxylic acids is 2. The highest BCUT2D eigenvalue weighted by atomic mass is 79.9. The van der Waals surface area contributed by atoms with Gasteiger partial charge in [-0.1, -0.05) is 6.07 Å². The van der Waals surface area contributed by atoms with Crippen LogP contribution in [0.15, 0.2) is 41.0 Å². The predicted molar refractivity (Wildman–Crippen MR) is 95.4 cm³/mol. The smallest absolute Gasteiger partial charge is 0.245 e. The second kappa shape index (κ2) is 7.49. The van der Waals surface area contributed by atoms with E-state index in [-0.39, 0.29) is 30.2 Å². The Morgan fingerprint density at radius 1 is 1.27 bits per heavy atom. The molecule has 0 spiro atoms. The number of aromatic nitrogens is 1. The van der Waals surface area contributed by atoms with Crippen LogP contribution in [0.2, 0.25) is 0 Å². The maximum Gasteiger partial charge on any atom is 0.245 e. The van der Waals surface area contributed by atoms with Gasteiger partial charge in [-0.3, -0.25) is 9.59 Å². The third kappa shape index (κ3) is 4.24. The van der Waals surface area contributed by atoms with Crippen LogP contribution in [0.25, 0.3) is 0 Å². The van der Waals surface area contributed by atoms with E-state index in [2.05, 4.69) is 26.2 Å². The van der Waals surface area contributed by atoms with Crippen LogP contribution in [0, 0.1) is 17.6 Å². The summed E-state index contributed by atoms with van der Waals surface area (Å²) in [7, 11) is 1.54. The Kier molecular flexibility index (Phi) is 5.31. The average molecular weight is 424 g/mol. The van der Waals surface area contributed by atoms with Crippen molar-refractivity contribution in [3.05, 3.63) is 58.2 Å². The van der Waals surface area contributed by atoms with E-state index in [9.17, 15) is 18.4 Å². The molecule has 2 atom stereocenters. The fraction of sp³-hybridized carbons (Fsp3) is 0.278. The summed E-state index contributed by atoms with van der Waals surface area (Å²) in [4.78, 5) is 29.8. The van der Waals surface area contributed by atoms with E-state index in [1.165, 1.54) is 18.0 Å². The number of likely N-dealkylation sites (N-methyl/N-ethyl adjacent to an activating group) is 1. The van der Waals surface area contributed by atoms with E-state index < -0.39 is 11.6 Å². The fourth-order valence-corrected chi connectivity index (χ4v) is 3.02. The van der Waals surface area contributed by atoms with Gasteiger partial charge in [-0.25, -0.2) is 13.8 Å². The van der Waals surface area contributed by atoms with E-state index in [0.29, 0.717) is 17.8 Å². The first-order valence-corrected chi connectivity index (χ1v) is 8.76. The largest absolute Gasteiger partial charge is 0.336 e. The lowest BCUT2D eigenvalue weighted by atomic mass is 10.1. The van der Waals surface area contributed by atoms with Gasteiger partial charge in [0.15, 0.2) is 11.6 Å². The van der Waals surface area contributed by atoms with Crippen molar-refractivity contribution in [2.45, 2.75) is 12.3 Å². The molecule has 3 rings (SSSR count). The number of amides is 2. The molecule has 0 aliphatic heterocycles. The molecule has 1 N–H and O–H groups in total. The summed E-state index contributed by atoms with van der Waals surface area (Å²) in [6, 6.07) is 7.06. The maximum atomic E-state index is 13.3. The molecule has 26 heavy (non-hydrogen) atoms. The van der Waals surface area contributed by atoms with Crippen molar-refractivity contribution in [1.82, 2.24) is 9.88 Å². The molecule has 136 valence electrons. The Labute approximate surface area is 157 Å². The number of hydrogen-bond donors (Lipinski definition) is 1. The van der Waals surface area contributed by atoms with Gasteiger partial charge in [0.25, 0.3) is 0 Å².